The number of allylic oxidation sites excluding steroid dienone is 21. The monoisotopic (exact) mass is 854 g/mol. The second-order valence-corrected chi connectivity index (χ2v) is 16.5. The van der Waals surface area contributed by atoms with E-state index in [1.807, 2.05) is 6.08 Å². The highest BCUT2D eigenvalue weighted by Crippen LogP contribution is 2.12. The average Bonchev–Trinajstić information content (AvgIpc) is 3.28. The number of hydrogen-bond acceptors (Lipinski definition) is 3. The molecule has 0 fully saturated rings. The van der Waals surface area contributed by atoms with Crippen LogP contribution in [-0.4, -0.2) is 34.9 Å². The van der Waals surface area contributed by atoms with Crippen LogP contribution in [0.5, 0.6) is 0 Å². The van der Waals surface area contributed by atoms with Gasteiger partial charge in [-0.3, -0.25) is 4.79 Å². The zero-order chi connectivity index (χ0) is 44.9. The number of carbonyl (C=O) groups excluding carboxylic acids is 1. The van der Waals surface area contributed by atoms with Crippen molar-refractivity contribution in [3.05, 3.63) is 134 Å². The normalized spacial score (nSPS) is 14.1. The minimum absolute atomic E-state index is 0.0989. The van der Waals surface area contributed by atoms with E-state index in [0.717, 1.165) is 103 Å². The summed E-state index contributed by atoms with van der Waals surface area (Å²) in [7, 11) is 0. The summed E-state index contributed by atoms with van der Waals surface area (Å²) in [6.45, 7) is 4.16. The van der Waals surface area contributed by atoms with Crippen molar-refractivity contribution in [2.24, 2.45) is 0 Å². The molecule has 0 aromatic carbocycles. The van der Waals surface area contributed by atoms with Gasteiger partial charge in [0, 0.05) is 6.42 Å². The van der Waals surface area contributed by atoms with Gasteiger partial charge in [-0.1, -0.05) is 225 Å². The van der Waals surface area contributed by atoms with E-state index in [2.05, 4.69) is 141 Å². The number of nitrogens with one attached hydrogen (secondary N) is 1. The second-order valence-electron chi connectivity index (χ2n) is 16.5. The first-order chi connectivity index (χ1) is 30.7. The van der Waals surface area contributed by atoms with Crippen molar-refractivity contribution >= 4 is 5.91 Å². The topological polar surface area (TPSA) is 69.6 Å². The molecule has 2 unspecified atom stereocenters. The average molecular weight is 854 g/mol. The number of carbonyl (C=O) groups is 1. The molecule has 0 aromatic heterocycles. The van der Waals surface area contributed by atoms with E-state index >= 15 is 0 Å². The zero-order valence-electron chi connectivity index (χ0n) is 40.1. The lowest BCUT2D eigenvalue weighted by atomic mass is 10.1. The fourth-order valence-electron chi connectivity index (χ4n) is 6.75. The van der Waals surface area contributed by atoms with Gasteiger partial charge in [-0.25, -0.2) is 0 Å². The minimum atomic E-state index is -0.887. The Kier molecular flexibility index (Phi) is 49.0. The molecule has 0 spiro atoms. The molecule has 0 saturated heterocycles. The third kappa shape index (κ3) is 47.6. The molecular weight excluding hydrogens is 759 g/mol. The summed E-state index contributed by atoms with van der Waals surface area (Å²) in [5.74, 6) is -0.0989. The minimum Gasteiger partial charge on any atom is -0.394 e. The number of hydrogen-bond donors (Lipinski definition) is 3. The van der Waals surface area contributed by atoms with Gasteiger partial charge in [-0.15, -0.1) is 0 Å². The van der Waals surface area contributed by atoms with Crippen LogP contribution in [-0.2, 0) is 4.79 Å². The van der Waals surface area contributed by atoms with Crippen LogP contribution < -0.4 is 5.32 Å². The van der Waals surface area contributed by atoms with Gasteiger partial charge in [-0.05, 0) is 109 Å². The molecule has 0 saturated carbocycles. The van der Waals surface area contributed by atoms with Crippen LogP contribution in [0.25, 0.3) is 0 Å². The molecule has 0 aromatic rings. The molecule has 0 aliphatic rings. The van der Waals surface area contributed by atoms with Crippen LogP contribution in [0.1, 0.15) is 206 Å². The Labute approximate surface area is 383 Å². The third-order valence-corrected chi connectivity index (χ3v) is 10.6. The molecule has 350 valence electrons. The summed E-state index contributed by atoms with van der Waals surface area (Å²) in [5.41, 5.74) is 0. The lowest BCUT2D eigenvalue weighted by Crippen LogP contribution is -2.45. The number of amides is 1. The van der Waals surface area contributed by atoms with E-state index in [0.29, 0.717) is 6.42 Å². The Bertz CT molecular complexity index is 1290. The van der Waals surface area contributed by atoms with Gasteiger partial charge in [0.15, 0.2) is 0 Å². The van der Waals surface area contributed by atoms with Gasteiger partial charge in [-0.2, -0.15) is 0 Å². The first-order valence-electron chi connectivity index (χ1n) is 25.4. The molecule has 3 N–H and O–H groups in total. The van der Waals surface area contributed by atoms with E-state index in [1.54, 1.807) is 6.08 Å². The predicted molar refractivity (Wildman–Crippen MR) is 275 cm³/mol. The van der Waals surface area contributed by atoms with Crippen molar-refractivity contribution in [1.82, 2.24) is 5.32 Å². The second kappa shape index (κ2) is 51.9. The molecule has 2 atom stereocenters. The summed E-state index contributed by atoms with van der Waals surface area (Å²) >= 11 is 0. The Balaban J connectivity index is 3.72. The number of aliphatic hydroxyl groups excluding tert-OH is 2. The van der Waals surface area contributed by atoms with Crippen LogP contribution in [0.2, 0.25) is 0 Å². The zero-order valence-corrected chi connectivity index (χ0v) is 40.1. The SMILES string of the molecule is CC/C=C\C/C=C\C/C=C\C/C=C\C/C=C\C/C=C\C/C=C\C/C=C\CCCCCCCCC(=O)NC(CO)C(O)/C=C/CC/C=C/CC/C=C/CCCCCCCCCCC. The lowest BCUT2D eigenvalue weighted by Gasteiger charge is -2.19. The van der Waals surface area contributed by atoms with Crippen LogP contribution in [0.4, 0.5) is 0 Å². The summed E-state index contributed by atoms with van der Waals surface area (Å²) in [4.78, 5) is 12.4. The maximum atomic E-state index is 12.4. The van der Waals surface area contributed by atoms with Gasteiger partial charge >= 0.3 is 0 Å². The molecular formula is C58H95NO3. The molecule has 4 nitrogen and oxygen atoms in total. The van der Waals surface area contributed by atoms with Crippen LogP contribution in [0.3, 0.4) is 0 Å². The highest BCUT2D eigenvalue weighted by molar-refractivity contribution is 5.76. The maximum Gasteiger partial charge on any atom is 0.220 e. The van der Waals surface area contributed by atoms with Gasteiger partial charge in [0.25, 0.3) is 0 Å². The van der Waals surface area contributed by atoms with E-state index in [4.69, 9.17) is 0 Å². The van der Waals surface area contributed by atoms with E-state index in [1.165, 1.54) is 83.5 Å². The van der Waals surface area contributed by atoms with Crippen LogP contribution >= 0.6 is 0 Å². The molecule has 0 rings (SSSR count). The van der Waals surface area contributed by atoms with Crippen LogP contribution in [0.15, 0.2) is 134 Å². The Morgan fingerprint density at radius 1 is 0.403 bits per heavy atom. The van der Waals surface area contributed by atoms with Crippen molar-refractivity contribution in [2.45, 2.75) is 219 Å². The fraction of sp³-hybridized carbons (Fsp3) is 0.603. The highest BCUT2D eigenvalue weighted by atomic mass is 16.3. The largest absolute Gasteiger partial charge is 0.394 e. The van der Waals surface area contributed by atoms with Crippen molar-refractivity contribution in [1.29, 1.82) is 0 Å². The third-order valence-electron chi connectivity index (χ3n) is 10.6. The molecule has 0 aliphatic heterocycles. The first-order valence-corrected chi connectivity index (χ1v) is 25.4. The van der Waals surface area contributed by atoms with Gasteiger partial charge in [0.05, 0.1) is 18.8 Å². The summed E-state index contributed by atoms with van der Waals surface area (Å²) in [6, 6.07) is -0.664. The van der Waals surface area contributed by atoms with E-state index in [9.17, 15) is 15.0 Å². The number of rotatable bonds is 44. The van der Waals surface area contributed by atoms with Crippen LogP contribution in [0, 0.1) is 0 Å². The van der Waals surface area contributed by atoms with Crippen molar-refractivity contribution < 1.29 is 15.0 Å². The molecule has 1 amide bonds. The van der Waals surface area contributed by atoms with Crippen molar-refractivity contribution in [3.8, 4) is 0 Å². The molecule has 62 heavy (non-hydrogen) atoms. The van der Waals surface area contributed by atoms with Crippen molar-refractivity contribution in [3.63, 3.8) is 0 Å². The Morgan fingerprint density at radius 3 is 1.13 bits per heavy atom. The number of aliphatic hydroxyl groups is 2. The Hall–Kier alpha value is -3.47. The highest BCUT2D eigenvalue weighted by Gasteiger charge is 2.17. The smallest absolute Gasteiger partial charge is 0.220 e. The maximum absolute atomic E-state index is 12.4. The van der Waals surface area contributed by atoms with Gasteiger partial charge in [0.2, 0.25) is 5.91 Å². The standard InChI is InChI=1S/C58H95NO3/c1-3-5-7-9-11-13-15-17-19-21-23-24-25-26-27-28-29-30-31-32-33-34-36-38-40-42-44-46-48-50-52-54-58(62)59-56(55-60)57(61)53-51-49-47-45-43-41-39-37-35-22-20-18-16-14-12-10-8-6-4-2/h5,7,11,13,17,19,23-24,26-27,29-30,32-33,35-38,43,45,51,53,56-57,60-61H,3-4,6,8-10,12,14-16,18,20-22,25,28,31,34,39-42,44,46-50,52,54-55H2,1-2H3,(H,59,62)/b7-5-,13-11-,19-17-,24-23-,27-26-,30-29-,33-32-,37-35+,38-36-,45-43+,53-51+. The van der Waals surface area contributed by atoms with Crippen molar-refractivity contribution in [2.75, 3.05) is 6.61 Å². The predicted octanol–water partition coefficient (Wildman–Crippen LogP) is 16.7. The molecule has 4 heteroatoms. The molecule has 0 heterocycles. The van der Waals surface area contributed by atoms with E-state index in [-0.39, 0.29) is 12.5 Å². The van der Waals surface area contributed by atoms with Gasteiger partial charge < -0.3 is 15.5 Å². The first kappa shape index (κ1) is 58.5. The summed E-state index contributed by atoms with van der Waals surface area (Å²) in [5, 5.41) is 23.1. The van der Waals surface area contributed by atoms with E-state index < -0.39 is 12.1 Å². The lowest BCUT2D eigenvalue weighted by molar-refractivity contribution is -0.123. The summed E-state index contributed by atoms with van der Waals surface area (Å²) in [6.07, 6.45) is 81.5. The Morgan fingerprint density at radius 2 is 0.726 bits per heavy atom. The fourth-order valence-corrected chi connectivity index (χ4v) is 6.75. The number of unbranched alkanes of at least 4 members (excludes halogenated alkanes) is 17. The summed E-state index contributed by atoms with van der Waals surface area (Å²) < 4.78 is 0. The van der Waals surface area contributed by atoms with Gasteiger partial charge in [0.1, 0.15) is 0 Å². The molecule has 0 aliphatic carbocycles. The molecule has 0 bridgehead atoms. The quantitative estimate of drug-likeness (QED) is 0.0422. The molecule has 0 radical (unpaired) electrons.